The zero-order chi connectivity index (χ0) is 10.1. The molecule has 1 aliphatic carbocycles. The first-order valence-electron chi connectivity index (χ1n) is 5.61. The predicted molar refractivity (Wildman–Crippen MR) is 56.8 cm³/mol. The smallest absolute Gasteiger partial charge is 0.0630 e. The van der Waals surface area contributed by atoms with Crippen LogP contribution in [0.15, 0.2) is 0 Å². The Hall–Kier alpha value is -0.0400. The first-order chi connectivity index (χ1) is 6.09. The molecule has 0 aromatic rings. The molecule has 1 rings (SSSR count). The highest BCUT2D eigenvalue weighted by molar-refractivity contribution is 4.96. The van der Waals surface area contributed by atoms with E-state index in [1.807, 2.05) is 7.11 Å². The maximum absolute atomic E-state index is 5.62. The fourth-order valence-corrected chi connectivity index (χ4v) is 2.95. The molecule has 0 bridgehead atoms. The van der Waals surface area contributed by atoms with Crippen molar-refractivity contribution in [3.8, 4) is 0 Å². The molecule has 4 atom stereocenters. The second kappa shape index (κ2) is 4.00. The fraction of sp³-hybridized carbons (Fsp3) is 1.00. The van der Waals surface area contributed by atoms with Crippen LogP contribution in [0.3, 0.4) is 0 Å². The van der Waals surface area contributed by atoms with Crippen LogP contribution in [0.5, 0.6) is 0 Å². The summed E-state index contributed by atoms with van der Waals surface area (Å²) < 4.78 is 5.62. The molecular formula is C12H24O. The zero-order valence-corrected chi connectivity index (χ0v) is 9.76. The molecule has 1 heteroatoms. The van der Waals surface area contributed by atoms with Crippen molar-refractivity contribution in [2.24, 2.45) is 17.3 Å². The Balaban J connectivity index is 2.76. The van der Waals surface area contributed by atoms with Crippen LogP contribution < -0.4 is 0 Å². The number of rotatable bonds is 3. The predicted octanol–water partition coefficient (Wildman–Crippen LogP) is 3.48. The maximum atomic E-state index is 5.62. The van der Waals surface area contributed by atoms with Gasteiger partial charge in [-0.3, -0.25) is 0 Å². The molecule has 1 saturated carbocycles. The van der Waals surface area contributed by atoms with Crippen LogP contribution in [0.4, 0.5) is 0 Å². The van der Waals surface area contributed by atoms with Crippen molar-refractivity contribution in [3.05, 3.63) is 0 Å². The standard InChI is InChI=1S/C12H24O/c1-6-10-8-12(4,7-2)9(3)11(10)13-5/h9-11H,6-8H2,1-5H3. The van der Waals surface area contributed by atoms with Crippen molar-refractivity contribution in [1.29, 1.82) is 0 Å². The van der Waals surface area contributed by atoms with Gasteiger partial charge in [0.1, 0.15) is 0 Å². The molecule has 0 aliphatic heterocycles. The van der Waals surface area contributed by atoms with Gasteiger partial charge in [-0.1, -0.05) is 40.5 Å². The fourth-order valence-electron chi connectivity index (χ4n) is 2.95. The van der Waals surface area contributed by atoms with E-state index >= 15 is 0 Å². The maximum Gasteiger partial charge on any atom is 0.0630 e. The third kappa shape index (κ3) is 1.76. The van der Waals surface area contributed by atoms with Crippen LogP contribution in [-0.4, -0.2) is 13.2 Å². The van der Waals surface area contributed by atoms with E-state index in [1.165, 1.54) is 19.3 Å². The number of methoxy groups -OCH3 is 1. The largest absolute Gasteiger partial charge is 0.381 e. The highest BCUT2D eigenvalue weighted by Crippen LogP contribution is 2.50. The Kier molecular flexibility index (Phi) is 3.39. The average molecular weight is 184 g/mol. The normalized spacial score (nSPS) is 45.5. The van der Waals surface area contributed by atoms with Gasteiger partial charge in [-0.2, -0.15) is 0 Å². The zero-order valence-electron chi connectivity index (χ0n) is 9.76. The molecule has 78 valence electrons. The summed E-state index contributed by atoms with van der Waals surface area (Å²) in [5.74, 6) is 1.50. The summed E-state index contributed by atoms with van der Waals surface area (Å²) in [6, 6.07) is 0. The third-order valence-corrected chi connectivity index (χ3v) is 4.39. The van der Waals surface area contributed by atoms with Crippen LogP contribution >= 0.6 is 0 Å². The minimum Gasteiger partial charge on any atom is -0.381 e. The summed E-state index contributed by atoms with van der Waals surface area (Å²) >= 11 is 0. The van der Waals surface area contributed by atoms with Crippen molar-refractivity contribution in [2.45, 2.75) is 53.1 Å². The molecule has 0 N–H and O–H groups in total. The van der Waals surface area contributed by atoms with Gasteiger partial charge < -0.3 is 4.74 Å². The van der Waals surface area contributed by atoms with Gasteiger partial charge in [0, 0.05) is 7.11 Å². The molecule has 0 spiro atoms. The summed E-state index contributed by atoms with van der Waals surface area (Å²) in [6.45, 7) is 9.36. The summed E-state index contributed by atoms with van der Waals surface area (Å²) in [6.07, 6.45) is 4.39. The van der Waals surface area contributed by atoms with E-state index in [2.05, 4.69) is 27.7 Å². The molecule has 0 aromatic carbocycles. The molecule has 1 fully saturated rings. The Bertz CT molecular complexity index is 167. The molecule has 0 amide bonds. The summed E-state index contributed by atoms with van der Waals surface area (Å²) in [5.41, 5.74) is 0.515. The minimum absolute atomic E-state index is 0.495. The van der Waals surface area contributed by atoms with Crippen molar-refractivity contribution < 1.29 is 4.74 Å². The van der Waals surface area contributed by atoms with Gasteiger partial charge in [0.05, 0.1) is 6.10 Å². The van der Waals surface area contributed by atoms with Gasteiger partial charge in [-0.05, 0) is 23.7 Å². The second-order valence-electron chi connectivity index (χ2n) is 4.87. The number of ether oxygens (including phenoxy) is 1. The third-order valence-electron chi connectivity index (χ3n) is 4.39. The van der Waals surface area contributed by atoms with E-state index in [4.69, 9.17) is 4.74 Å². The molecule has 1 aliphatic rings. The van der Waals surface area contributed by atoms with Gasteiger partial charge in [0.2, 0.25) is 0 Å². The Morgan fingerprint density at radius 1 is 1.38 bits per heavy atom. The van der Waals surface area contributed by atoms with Crippen molar-refractivity contribution in [3.63, 3.8) is 0 Å². The molecule has 0 saturated heterocycles. The van der Waals surface area contributed by atoms with Gasteiger partial charge in [0.25, 0.3) is 0 Å². The van der Waals surface area contributed by atoms with Gasteiger partial charge in [-0.15, -0.1) is 0 Å². The molecule has 0 radical (unpaired) electrons. The summed E-state index contributed by atoms with van der Waals surface area (Å²) in [7, 11) is 1.87. The lowest BCUT2D eigenvalue weighted by molar-refractivity contribution is 0.0263. The van der Waals surface area contributed by atoms with E-state index < -0.39 is 0 Å². The lowest BCUT2D eigenvalue weighted by Gasteiger charge is -2.29. The van der Waals surface area contributed by atoms with Crippen molar-refractivity contribution in [1.82, 2.24) is 0 Å². The van der Waals surface area contributed by atoms with E-state index in [-0.39, 0.29) is 0 Å². The summed E-state index contributed by atoms with van der Waals surface area (Å²) in [5, 5.41) is 0. The molecule has 4 unspecified atom stereocenters. The lowest BCUT2D eigenvalue weighted by Crippen LogP contribution is -2.27. The van der Waals surface area contributed by atoms with E-state index in [0.717, 1.165) is 5.92 Å². The van der Waals surface area contributed by atoms with Crippen LogP contribution in [0.25, 0.3) is 0 Å². The number of hydrogen-bond donors (Lipinski definition) is 0. The monoisotopic (exact) mass is 184 g/mol. The molecular weight excluding hydrogens is 160 g/mol. The van der Waals surface area contributed by atoms with E-state index in [9.17, 15) is 0 Å². The SMILES string of the molecule is CCC1CC(C)(CC)C(C)C1OC. The van der Waals surface area contributed by atoms with Crippen LogP contribution in [0, 0.1) is 17.3 Å². The number of hydrogen-bond acceptors (Lipinski definition) is 1. The van der Waals surface area contributed by atoms with Crippen LogP contribution in [0.1, 0.15) is 47.0 Å². The average Bonchev–Trinajstić information content (AvgIpc) is 2.40. The van der Waals surface area contributed by atoms with E-state index in [1.54, 1.807) is 0 Å². The lowest BCUT2D eigenvalue weighted by atomic mass is 9.78. The van der Waals surface area contributed by atoms with Gasteiger partial charge in [0.15, 0.2) is 0 Å². The molecule has 13 heavy (non-hydrogen) atoms. The first kappa shape index (κ1) is 11.0. The summed E-state index contributed by atoms with van der Waals surface area (Å²) in [4.78, 5) is 0. The Labute approximate surface area is 82.9 Å². The molecule has 0 aromatic heterocycles. The Morgan fingerprint density at radius 3 is 2.31 bits per heavy atom. The van der Waals surface area contributed by atoms with Crippen molar-refractivity contribution >= 4 is 0 Å². The quantitative estimate of drug-likeness (QED) is 0.652. The molecule has 1 nitrogen and oxygen atoms in total. The molecule has 0 heterocycles. The van der Waals surface area contributed by atoms with Crippen LogP contribution in [-0.2, 0) is 4.74 Å². The van der Waals surface area contributed by atoms with Crippen LogP contribution in [0.2, 0.25) is 0 Å². The first-order valence-corrected chi connectivity index (χ1v) is 5.61. The highest BCUT2D eigenvalue weighted by Gasteiger charge is 2.46. The minimum atomic E-state index is 0.495. The topological polar surface area (TPSA) is 9.23 Å². The second-order valence-corrected chi connectivity index (χ2v) is 4.87. The van der Waals surface area contributed by atoms with Gasteiger partial charge >= 0.3 is 0 Å². The van der Waals surface area contributed by atoms with Crippen molar-refractivity contribution in [2.75, 3.05) is 7.11 Å². The highest BCUT2D eigenvalue weighted by atomic mass is 16.5. The van der Waals surface area contributed by atoms with Gasteiger partial charge in [-0.25, -0.2) is 0 Å². The Morgan fingerprint density at radius 2 is 2.00 bits per heavy atom. The van der Waals surface area contributed by atoms with E-state index in [0.29, 0.717) is 17.4 Å².